The van der Waals surface area contributed by atoms with Gasteiger partial charge in [0, 0.05) is 15.7 Å². The van der Waals surface area contributed by atoms with E-state index < -0.39 is 5.91 Å². The average Bonchev–Trinajstić information content (AvgIpc) is 2.78. The molecule has 0 saturated carbocycles. The Balaban J connectivity index is 1.84. The number of nitrogens with one attached hydrogen (secondary N) is 1. The monoisotopic (exact) mass is 478 g/mol. The molecule has 1 N–H and O–H groups in total. The number of para-hydroxylation sites is 1. The highest BCUT2D eigenvalue weighted by Crippen LogP contribution is 2.27. The zero-order chi connectivity index (χ0) is 22.2. The summed E-state index contributed by atoms with van der Waals surface area (Å²) in [4.78, 5) is 12.7. The fourth-order valence-corrected chi connectivity index (χ4v) is 3.33. The number of carbonyl (C=O) groups is 1. The van der Waals surface area contributed by atoms with Crippen molar-refractivity contribution in [3.8, 4) is 11.8 Å². The smallest absolute Gasteiger partial charge is 0.266 e. The number of carbonyl (C=O) groups excluding carboxylic acids is 1. The van der Waals surface area contributed by atoms with Gasteiger partial charge in [-0.25, -0.2) is 4.39 Å². The van der Waals surface area contributed by atoms with E-state index in [0.717, 1.165) is 22.0 Å². The van der Waals surface area contributed by atoms with Crippen LogP contribution in [0, 0.1) is 17.1 Å². The number of rotatable bonds is 7. The highest BCUT2D eigenvalue weighted by molar-refractivity contribution is 9.10. The van der Waals surface area contributed by atoms with Gasteiger partial charge in [0.2, 0.25) is 0 Å². The summed E-state index contributed by atoms with van der Waals surface area (Å²) in [6.45, 7) is 2.22. The van der Waals surface area contributed by atoms with Crippen molar-refractivity contribution in [2.75, 3.05) is 5.32 Å². The van der Waals surface area contributed by atoms with E-state index in [1.165, 1.54) is 18.2 Å². The number of nitrogens with zero attached hydrogens (tertiary/aromatic N) is 1. The Bertz CT molecular complexity index is 1150. The van der Waals surface area contributed by atoms with Crippen LogP contribution in [0.4, 0.5) is 10.1 Å². The summed E-state index contributed by atoms with van der Waals surface area (Å²) in [5.74, 6) is -0.305. The van der Waals surface area contributed by atoms with E-state index in [1.807, 2.05) is 37.3 Å². The normalized spacial score (nSPS) is 11.0. The Kier molecular flexibility index (Phi) is 7.58. The Morgan fingerprint density at radius 2 is 1.90 bits per heavy atom. The zero-order valence-electron chi connectivity index (χ0n) is 16.9. The lowest BCUT2D eigenvalue weighted by Gasteiger charge is -2.11. The van der Waals surface area contributed by atoms with Crippen LogP contribution in [0.3, 0.4) is 0 Å². The third kappa shape index (κ3) is 6.03. The number of ether oxygens (including phenoxy) is 1. The van der Waals surface area contributed by atoms with Gasteiger partial charge in [-0.2, -0.15) is 5.26 Å². The van der Waals surface area contributed by atoms with E-state index in [-0.39, 0.29) is 18.0 Å². The van der Waals surface area contributed by atoms with Gasteiger partial charge in [-0.1, -0.05) is 53.2 Å². The largest absolute Gasteiger partial charge is 0.488 e. The molecule has 0 heterocycles. The molecular weight excluding hydrogens is 459 g/mol. The van der Waals surface area contributed by atoms with Gasteiger partial charge in [0.1, 0.15) is 29.8 Å². The second-order valence-corrected chi connectivity index (χ2v) is 7.65. The van der Waals surface area contributed by atoms with Crippen molar-refractivity contribution in [3.63, 3.8) is 0 Å². The molecule has 0 aromatic heterocycles. The lowest BCUT2D eigenvalue weighted by molar-refractivity contribution is -0.112. The quantitative estimate of drug-likeness (QED) is 0.321. The molecule has 0 atom stereocenters. The molecule has 0 saturated heterocycles. The first-order chi connectivity index (χ1) is 15.0. The van der Waals surface area contributed by atoms with E-state index in [1.54, 1.807) is 30.3 Å². The van der Waals surface area contributed by atoms with Crippen LogP contribution in [-0.2, 0) is 17.8 Å². The summed E-state index contributed by atoms with van der Waals surface area (Å²) < 4.78 is 19.7. The van der Waals surface area contributed by atoms with Gasteiger partial charge in [0.15, 0.2) is 0 Å². The summed E-state index contributed by atoms with van der Waals surface area (Å²) >= 11 is 3.41. The molecule has 1 amide bonds. The second kappa shape index (κ2) is 10.6. The highest BCUT2D eigenvalue weighted by Gasteiger charge is 2.13. The van der Waals surface area contributed by atoms with Crippen molar-refractivity contribution in [1.29, 1.82) is 5.26 Å². The van der Waals surface area contributed by atoms with Crippen LogP contribution in [-0.4, -0.2) is 5.91 Å². The Labute approximate surface area is 189 Å². The number of nitriles is 1. The molecular formula is C25H20BrFN2O2. The van der Waals surface area contributed by atoms with Crippen molar-refractivity contribution >= 4 is 33.6 Å². The van der Waals surface area contributed by atoms with E-state index >= 15 is 0 Å². The molecule has 31 heavy (non-hydrogen) atoms. The molecule has 0 fully saturated rings. The maximum Gasteiger partial charge on any atom is 0.266 e. The SMILES string of the molecule is CCc1ccccc1NC(=O)/C(C#N)=C/c1cc(Br)ccc1OCc1ccc(F)cc1. The van der Waals surface area contributed by atoms with Gasteiger partial charge in [0.05, 0.1) is 0 Å². The average molecular weight is 479 g/mol. The maximum absolute atomic E-state index is 13.1. The molecule has 6 heteroatoms. The molecule has 3 aromatic carbocycles. The molecule has 0 radical (unpaired) electrons. The van der Waals surface area contributed by atoms with Gasteiger partial charge in [-0.05, 0) is 60.0 Å². The minimum Gasteiger partial charge on any atom is -0.488 e. The predicted molar refractivity (Wildman–Crippen MR) is 123 cm³/mol. The Morgan fingerprint density at radius 3 is 2.61 bits per heavy atom. The van der Waals surface area contributed by atoms with Gasteiger partial charge >= 0.3 is 0 Å². The van der Waals surface area contributed by atoms with Gasteiger partial charge in [0.25, 0.3) is 5.91 Å². The van der Waals surface area contributed by atoms with E-state index in [2.05, 4.69) is 21.2 Å². The van der Waals surface area contributed by atoms with Crippen LogP contribution in [0.5, 0.6) is 5.75 Å². The summed E-state index contributed by atoms with van der Waals surface area (Å²) in [6.07, 6.45) is 2.25. The van der Waals surface area contributed by atoms with Gasteiger partial charge < -0.3 is 10.1 Å². The summed E-state index contributed by atoms with van der Waals surface area (Å²) in [5.41, 5.74) is 2.99. The molecule has 3 aromatic rings. The van der Waals surface area contributed by atoms with Crippen LogP contribution >= 0.6 is 15.9 Å². The van der Waals surface area contributed by atoms with Crippen molar-refractivity contribution in [2.24, 2.45) is 0 Å². The number of aryl methyl sites for hydroxylation is 1. The minimum atomic E-state index is -0.493. The molecule has 3 rings (SSSR count). The van der Waals surface area contributed by atoms with Crippen LogP contribution in [0.25, 0.3) is 6.08 Å². The van der Waals surface area contributed by atoms with Crippen LogP contribution in [0.2, 0.25) is 0 Å². The predicted octanol–water partition coefficient (Wildman–Crippen LogP) is 6.28. The van der Waals surface area contributed by atoms with Crippen LogP contribution in [0.1, 0.15) is 23.6 Å². The third-order valence-corrected chi connectivity index (χ3v) is 5.08. The van der Waals surface area contributed by atoms with Gasteiger partial charge in [-0.3, -0.25) is 4.79 Å². The number of benzene rings is 3. The lowest BCUT2D eigenvalue weighted by Crippen LogP contribution is -2.14. The lowest BCUT2D eigenvalue weighted by atomic mass is 10.1. The third-order valence-electron chi connectivity index (χ3n) is 4.59. The molecule has 0 aliphatic rings. The summed E-state index contributed by atoms with van der Waals surface area (Å²) in [7, 11) is 0. The summed E-state index contributed by atoms with van der Waals surface area (Å²) in [5, 5.41) is 12.4. The van der Waals surface area contributed by atoms with E-state index in [4.69, 9.17) is 4.74 Å². The summed E-state index contributed by atoms with van der Waals surface area (Å²) in [6, 6.07) is 20.8. The van der Waals surface area contributed by atoms with Crippen LogP contribution in [0.15, 0.2) is 76.8 Å². The fraction of sp³-hybridized carbons (Fsp3) is 0.120. The van der Waals surface area contributed by atoms with Crippen molar-refractivity contribution in [2.45, 2.75) is 20.0 Å². The molecule has 0 aliphatic carbocycles. The molecule has 0 bridgehead atoms. The number of hydrogen-bond acceptors (Lipinski definition) is 3. The first kappa shape index (κ1) is 22.3. The minimum absolute atomic E-state index is 0.0457. The molecule has 156 valence electrons. The highest BCUT2D eigenvalue weighted by atomic mass is 79.9. The number of hydrogen-bond donors (Lipinski definition) is 1. The number of halogens is 2. The molecule has 0 spiro atoms. The standard InChI is InChI=1S/C25H20BrFN2O2/c1-2-18-5-3-4-6-23(18)29-25(30)20(15-28)13-19-14-21(26)9-12-24(19)31-16-17-7-10-22(27)11-8-17/h3-14H,2,16H2,1H3,(H,29,30)/b20-13+. The maximum atomic E-state index is 13.1. The van der Waals surface area contributed by atoms with E-state index in [9.17, 15) is 14.4 Å². The Hall–Kier alpha value is -3.43. The number of amides is 1. The topological polar surface area (TPSA) is 62.1 Å². The zero-order valence-corrected chi connectivity index (χ0v) is 18.4. The van der Waals surface area contributed by atoms with Crippen molar-refractivity contribution < 1.29 is 13.9 Å². The molecule has 0 aliphatic heterocycles. The Morgan fingerprint density at radius 1 is 1.16 bits per heavy atom. The number of anilines is 1. The van der Waals surface area contributed by atoms with Crippen molar-refractivity contribution in [1.82, 2.24) is 0 Å². The van der Waals surface area contributed by atoms with Crippen molar-refractivity contribution in [3.05, 3.63) is 99.3 Å². The first-order valence-corrected chi connectivity index (χ1v) is 10.5. The van der Waals surface area contributed by atoms with Gasteiger partial charge in [-0.15, -0.1) is 0 Å². The fourth-order valence-electron chi connectivity index (χ4n) is 2.95. The van der Waals surface area contributed by atoms with E-state index in [0.29, 0.717) is 17.0 Å². The first-order valence-electron chi connectivity index (χ1n) is 9.68. The van der Waals surface area contributed by atoms with Crippen LogP contribution < -0.4 is 10.1 Å². The molecule has 0 unspecified atom stereocenters. The second-order valence-electron chi connectivity index (χ2n) is 6.73. The molecule has 4 nitrogen and oxygen atoms in total.